The second-order valence-electron chi connectivity index (χ2n) is 5.09. The Morgan fingerprint density at radius 3 is 2.33 bits per heavy atom. The first-order valence-corrected chi connectivity index (χ1v) is 10.1. The number of rotatable bonds is 3. The van der Waals surface area contributed by atoms with Crippen LogP contribution in [0.15, 0.2) is 17.0 Å². The predicted molar refractivity (Wildman–Crippen MR) is 91.3 cm³/mol. The van der Waals surface area contributed by atoms with Crippen molar-refractivity contribution in [2.75, 3.05) is 13.1 Å². The van der Waals surface area contributed by atoms with Gasteiger partial charge in [0.05, 0.1) is 5.02 Å². The molecule has 3 nitrogen and oxygen atoms in total. The van der Waals surface area contributed by atoms with Gasteiger partial charge >= 0.3 is 0 Å². The van der Waals surface area contributed by atoms with Crippen LogP contribution in [0, 0.1) is 0 Å². The zero-order valence-electron chi connectivity index (χ0n) is 11.6. The van der Waals surface area contributed by atoms with Crippen LogP contribution < -0.4 is 0 Å². The maximum atomic E-state index is 12.9. The molecule has 8 heteroatoms. The van der Waals surface area contributed by atoms with Crippen molar-refractivity contribution in [2.45, 2.75) is 35.1 Å². The second-order valence-corrected chi connectivity index (χ2v) is 9.96. The van der Waals surface area contributed by atoms with E-state index in [1.165, 1.54) is 10.4 Å². The molecule has 0 amide bonds. The van der Waals surface area contributed by atoms with Crippen LogP contribution >= 0.6 is 46.6 Å². The molecule has 2 rings (SSSR count). The third kappa shape index (κ3) is 3.82. The molecule has 0 aliphatic carbocycles. The molecule has 1 aromatic carbocycles. The van der Waals surface area contributed by atoms with E-state index in [4.69, 9.17) is 34.8 Å². The lowest BCUT2D eigenvalue weighted by atomic mass is 10.2. The van der Waals surface area contributed by atoms with E-state index in [0.717, 1.165) is 0 Å². The number of benzene rings is 1. The summed E-state index contributed by atoms with van der Waals surface area (Å²) in [7, 11) is -3.67. The van der Waals surface area contributed by atoms with Gasteiger partial charge in [-0.2, -0.15) is 16.1 Å². The largest absolute Gasteiger partial charge is 0.244 e. The van der Waals surface area contributed by atoms with Gasteiger partial charge in [-0.1, -0.05) is 37.0 Å². The molecule has 1 heterocycles. The molecule has 1 aliphatic rings. The molecule has 2 atom stereocenters. The van der Waals surface area contributed by atoms with E-state index in [9.17, 15) is 8.42 Å². The number of halogens is 3. The SMILES string of the molecule is CC1CN(S(=O)(=O)c2cc(Cl)cc(CCl)c2Cl)CC(C)S1. The fourth-order valence-electron chi connectivity index (χ4n) is 2.37. The summed E-state index contributed by atoms with van der Waals surface area (Å²) >= 11 is 19.8. The van der Waals surface area contributed by atoms with Crippen LogP contribution in [-0.2, 0) is 15.9 Å². The van der Waals surface area contributed by atoms with Gasteiger partial charge in [-0.3, -0.25) is 0 Å². The van der Waals surface area contributed by atoms with Crippen LogP contribution in [0.3, 0.4) is 0 Å². The van der Waals surface area contributed by atoms with E-state index >= 15 is 0 Å². The fraction of sp³-hybridized carbons (Fsp3) is 0.538. The quantitative estimate of drug-likeness (QED) is 0.727. The Balaban J connectivity index is 2.47. The summed E-state index contributed by atoms with van der Waals surface area (Å²) in [5, 5.41) is 0.969. The molecule has 0 radical (unpaired) electrons. The summed E-state index contributed by atoms with van der Waals surface area (Å²) in [5.74, 6) is 0.116. The van der Waals surface area contributed by atoms with Crippen LogP contribution in [0.2, 0.25) is 10.0 Å². The lowest BCUT2D eigenvalue weighted by Gasteiger charge is -2.34. The molecule has 21 heavy (non-hydrogen) atoms. The Kier molecular flexibility index (Phi) is 5.77. The highest BCUT2D eigenvalue weighted by molar-refractivity contribution is 8.00. The molecule has 1 fully saturated rings. The molecule has 1 saturated heterocycles. The van der Waals surface area contributed by atoms with Crippen LogP contribution in [0.4, 0.5) is 0 Å². The average molecular weight is 389 g/mol. The van der Waals surface area contributed by atoms with Crippen molar-refractivity contribution in [2.24, 2.45) is 0 Å². The fourth-order valence-corrected chi connectivity index (χ4v) is 6.69. The van der Waals surface area contributed by atoms with Crippen molar-refractivity contribution in [1.82, 2.24) is 4.31 Å². The van der Waals surface area contributed by atoms with Gasteiger partial charge in [0, 0.05) is 34.5 Å². The van der Waals surface area contributed by atoms with Gasteiger partial charge in [0.15, 0.2) is 0 Å². The Morgan fingerprint density at radius 1 is 1.24 bits per heavy atom. The van der Waals surface area contributed by atoms with Gasteiger partial charge in [-0.15, -0.1) is 11.6 Å². The normalized spacial score (nSPS) is 24.2. The van der Waals surface area contributed by atoms with E-state index in [1.807, 2.05) is 13.8 Å². The van der Waals surface area contributed by atoms with Gasteiger partial charge in [0.2, 0.25) is 10.0 Å². The number of hydrogen-bond acceptors (Lipinski definition) is 3. The highest BCUT2D eigenvalue weighted by Crippen LogP contribution is 2.35. The highest BCUT2D eigenvalue weighted by Gasteiger charge is 2.34. The maximum Gasteiger partial charge on any atom is 0.244 e. The average Bonchev–Trinajstić information content (AvgIpc) is 2.39. The standard InChI is InChI=1S/C13H16Cl3NO2S2/c1-8-6-17(7-9(2)20-8)21(18,19)12-4-11(15)3-10(5-14)13(12)16/h3-4,8-9H,5-7H2,1-2H3. The van der Waals surface area contributed by atoms with E-state index in [-0.39, 0.29) is 26.3 Å². The number of hydrogen-bond donors (Lipinski definition) is 0. The smallest absolute Gasteiger partial charge is 0.207 e. The zero-order chi connectivity index (χ0) is 15.8. The lowest BCUT2D eigenvalue weighted by Crippen LogP contribution is -2.44. The number of alkyl halides is 1. The highest BCUT2D eigenvalue weighted by atomic mass is 35.5. The molecule has 0 spiro atoms. The number of thioether (sulfide) groups is 1. The minimum absolute atomic E-state index is 0.0404. The third-order valence-electron chi connectivity index (χ3n) is 3.23. The predicted octanol–water partition coefficient (Wildman–Crippen LogP) is 4.25. The van der Waals surface area contributed by atoms with E-state index < -0.39 is 10.0 Å². The van der Waals surface area contributed by atoms with Gasteiger partial charge < -0.3 is 0 Å². The van der Waals surface area contributed by atoms with Crippen LogP contribution in [0.1, 0.15) is 19.4 Å². The molecular formula is C13H16Cl3NO2S2. The topological polar surface area (TPSA) is 37.4 Å². The van der Waals surface area contributed by atoms with Crippen molar-refractivity contribution < 1.29 is 8.42 Å². The van der Waals surface area contributed by atoms with Crippen LogP contribution in [0.25, 0.3) is 0 Å². The monoisotopic (exact) mass is 387 g/mol. The van der Waals surface area contributed by atoms with Gasteiger partial charge in [-0.05, 0) is 17.7 Å². The Bertz CT molecular complexity index is 627. The summed E-state index contributed by atoms with van der Waals surface area (Å²) < 4.78 is 27.2. The molecule has 118 valence electrons. The maximum absolute atomic E-state index is 12.9. The van der Waals surface area contributed by atoms with Crippen molar-refractivity contribution in [3.8, 4) is 0 Å². The number of sulfonamides is 1. The molecular weight excluding hydrogens is 373 g/mol. The van der Waals surface area contributed by atoms with E-state index in [0.29, 0.717) is 23.7 Å². The molecule has 2 unspecified atom stereocenters. The minimum Gasteiger partial charge on any atom is -0.207 e. The Morgan fingerprint density at radius 2 is 1.81 bits per heavy atom. The third-order valence-corrected chi connectivity index (χ3v) is 7.37. The Labute approximate surface area is 145 Å². The summed E-state index contributed by atoms with van der Waals surface area (Å²) in [6, 6.07) is 2.99. The first-order valence-electron chi connectivity index (χ1n) is 6.45. The minimum atomic E-state index is -3.67. The van der Waals surface area contributed by atoms with E-state index in [2.05, 4.69) is 0 Å². The summed E-state index contributed by atoms with van der Waals surface area (Å²) in [5.41, 5.74) is 0.525. The first-order chi connectivity index (χ1) is 9.75. The van der Waals surface area contributed by atoms with Gasteiger partial charge in [-0.25, -0.2) is 8.42 Å². The van der Waals surface area contributed by atoms with E-state index in [1.54, 1.807) is 17.8 Å². The van der Waals surface area contributed by atoms with Crippen molar-refractivity contribution >= 4 is 56.6 Å². The van der Waals surface area contributed by atoms with Crippen molar-refractivity contribution in [3.63, 3.8) is 0 Å². The molecule has 1 aliphatic heterocycles. The lowest BCUT2D eigenvalue weighted by molar-refractivity contribution is 0.405. The van der Waals surface area contributed by atoms with Crippen molar-refractivity contribution in [1.29, 1.82) is 0 Å². The number of nitrogens with zero attached hydrogens (tertiary/aromatic N) is 1. The van der Waals surface area contributed by atoms with Crippen molar-refractivity contribution in [3.05, 3.63) is 27.7 Å². The van der Waals surface area contributed by atoms with Crippen LogP contribution in [0.5, 0.6) is 0 Å². The van der Waals surface area contributed by atoms with Gasteiger partial charge in [0.25, 0.3) is 0 Å². The molecule has 0 bridgehead atoms. The first kappa shape index (κ1) is 17.7. The van der Waals surface area contributed by atoms with Crippen LogP contribution in [-0.4, -0.2) is 36.3 Å². The molecule has 1 aromatic rings. The molecule has 0 N–H and O–H groups in total. The molecule has 0 aromatic heterocycles. The summed E-state index contributed by atoms with van der Waals surface area (Å²) in [6.45, 7) is 4.98. The Hall–Kier alpha value is 0.350. The second kappa shape index (κ2) is 6.85. The summed E-state index contributed by atoms with van der Waals surface area (Å²) in [6.07, 6.45) is 0. The zero-order valence-corrected chi connectivity index (χ0v) is 15.5. The summed E-state index contributed by atoms with van der Waals surface area (Å²) in [4.78, 5) is 0.0404. The molecule has 0 saturated carbocycles. The van der Waals surface area contributed by atoms with Gasteiger partial charge in [0.1, 0.15) is 4.90 Å².